The van der Waals surface area contributed by atoms with Gasteiger partial charge in [0.15, 0.2) is 0 Å². The molecule has 98 valence electrons. The Morgan fingerprint density at radius 1 is 1.00 bits per heavy atom. The predicted octanol–water partition coefficient (Wildman–Crippen LogP) is 3.96. The molecule has 0 aliphatic rings. The van der Waals surface area contributed by atoms with Crippen molar-refractivity contribution in [2.75, 3.05) is 0 Å². The first kappa shape index (κ1) is 14.0. The van der Waals surface area contributed by atoms with Crippen molar-refractivity contribution >= 4 is 34.0 Å². The predicted molar refractivity (Wildman–Crippen MR) is 83.9 cm³/mol. The molecule has 0 fully saturated rings. The Labute approximate surface area is 122 Å². The minimum absolute atomic E-state index is 0. The van der Waals surface area contributed by atoms with Crippen molar-refractivity contribution in [2.45, 2.75) is 12.5 Å². The van der Waals surface area contributed by atoms with Crippen LogP contribution in [-0.4, -0.2) is 4.98 Å². The second-order valence-corrected chi connectivity index (χ2v) is 5.38. The van der Waals surface area contributed by atoms with E-state index in [1.54, 1.807) is 11.3 Å². The third-order valence-electron chi connectivity index (χ3n) is 2.93. The molecule has 0 saturated carbocycles. The zero-order valence-corrected chi connectivity index (χ0v) is 12.0. The van der Waals surface area contributed by atoms with E-state index in [0.29, 0.717) is 0 Å². The van der Waals surface area contributed by atoms with Gasteiger partial charge in [-0.05, 0) is 24.1 Å². The number of aromatic nitrogens is 1. The molecule has 1 heterocycles. The van der Waals surface area contributed by atoms with Crippen LogP contribution in [0.15, 0.2) is 54.6 Å². The Morgan fingerprint density at radius 2 is 1.68 bits per heavy atom. The smallest absolute Gasteiger partial charge is 0.111 e. The van der Waals surface area contributed by atoms with Crippen LogP contribution in [0, 0.1) is 0 Å². The summed E-state index contributed by atoms with van der Waals surface area (Å²) in [5, 5.41) is 1.01. The lowest BCUT2D eigenvalue weighted by Gasteiger charge is -2.07. The number of thiazole rings is 1. The highest BCUT2D eigenvalue weighted by Crippen LogP contribution is 2.26. The molecule has 1 aromatic heterocycles. The van der Waals surface area contributed by atoms with Gasteiger partial charge in [-0.25, -0.2) is 4.98 Å². The van der Waals surface area contributed by atoms with E-state index >= 15 is 0 Å². The van der Waals surface area contributed by atoms with Crippen LogP contribution in [0.1, 0.15) is 16.6 Å². The van der Waals surface area contributed by atoms with E-state index in [-0.39, 0.29) is 18.4 Å². The SMILES string of the molecule is Cl.NC(Cc1ccccc1)c1nc2ccccc2s1. The molecule has 2 N–H and O–H groups in total. The first-order valence-corrected chi connectivity index (χ1v) is 6.79. The Morgan fingerprint density at radius 3 is 2.42 bits per heavy atom. The van der Waals surface area contributed by atoms with Gasteiger partial charge >= 0.3 is 0 Å². The van der Waals surface area contributed by atoms with Gasteiger partial charge < -0.3 is 5.73 Å². The molecular formula is C15H15ClN2S. The molecular weight excluding hydrogens is 276 g/mol. The summed E-state index contributed by atoms with van der Waals surface area (Å²) in [4.78, 5) is 4.60. The van der Waals surface area contributed by atoms with Crippen molar-refractivity contribution in [3.63, 3.8) is 0 Å². The first-order valence-electron chi connectivity index (χ1n) is 5.98. The quantitative estimate of drug-likeness (QED) is 0.793. The minimum Gasteiger partial charge on any atom is -0.322 e. The molecule has 1 unspecified atom stereocenters. The van der Waals surface area contributed by atoms with E-state index in [1.165, 1.54) is 10.3 Å². The number of halogens is 1. The number of para-hydroxylation sites is 1. The fourth-order valence-electron chi connectivity index (χ4n) is 2.00. The Balaban J connectivity index is 0.00000133. The fraction of sp³-hybridized carbons (Fsp3) is 0.133. The standard InChI is InChI=1S/C15H14N2S.ClH/c16-12(10-11-6-2-1-3-7-11)15-17-13-8-4-5-9-14(13)18-15;/h1-9,12H,10,16H2;1H. The second kappa shape index (κ2) is 6.15. The number of nitrogens with two attached hydrogens (primary N) is 1. The summed E-state index contributed by atoms with van der Waals surface area (Å²) < 4.78 is 1.20. The zero-order chi connectivity index (χ0) is 12.4. The summed E-state index contributed by atoms with van der Waals surface area (Å²) in [5.74, 6) is 0. The number of rotatable bonds is 3. The van der Waals surface area contributed by atoms with Crippen LogP contribution < -0.4 is 5.73 Å². The molecule has 0 amide bonds. The van der Waals surface area contributed by atoms with E-state index in [0.717, 1.165) is 16.9 Å². The summed E-state index contributed by atoms with van der Waals surface area (Å²) >= 11 is 1.69. The van der Waals surface area contributed by atoms with Crippen LogP contribution in [0.25, 0.3) is 10.2 Å². The van der Waals surface area contributed by atoms with Crippen molar-refractivity contribution in [3.05, 3.63) is 65.2 Å². The van der Waals surface area contributed by atoms with E-state index < -0.39 is 0 Å². The van der Waals surface area contributed by atoms with Gasteiger partial charge in [-0.2, -0.15) is 0 Å². The molecule has 3 rings (SSSR count). The molecule has 0 bridgehead atoms. The Kier molecular flexibility index (Phi) is 4.53. The van der Waals surface area contributed by atoms with Crippen molar-refractivity contribution < 1.29 is 0 Å². The van der Waals surface area contributed by atoms with Crippen LogP contribution >= 0.6 is 23.7 Å². The lowest BCUT2D eigenvalue weighted by atomic mass is 10.1. The molecule has 3 aromatic rings. The third-order valence-corrected chi connectivity index (χ3v) is 4.09. The highest BCUT2D eigenvalue weighted by atomic mass is 35.5. The van der Waals surface area contributed by atoms with Gasteiger partial charge in [0, 0.05) is 0 Å². The van der Waals surface area contributed by atoms with E-state index in [1.807, 2.05) is 36.4 Å². The lowest BCUT2D eigenvalue weighted by molar-refractivity contribution is 0.717. The zero-order valence-electron chi connectivity index (χ0n) is 10.3. The first-order chi connectivity index (χ1) is 8.83. The van der Waals surface area contributed by atoms with E-state index in [9.17, 15) is 0 Å². The van der Waals surface area contributed by atoms with Crippen LogP contribution in [0.2, 0.25) is 0 Å². The van der Waals surface area contributed by atoms with Gasteiger partial charge in [-0.1, -0.05) is 42.5 Å². The highest BCUT2D eigenvalue weighted by Gasteiger charge is 2.12. The molecule has 0 radical (unpaired) electrons. The van der Waals surface area contributed by atoms with Gasteiger partial charge in [0.1, 0.15) is 5.01 Å². The van der Waals surface area contributed by atoms with Crippen LogP contribution in [0.4, 0.5) is 0 Å². The van der Waals surface area contributed by atoms with E-state index in [2.05, 4.69) is 23.2 Å². The van der Waals surface area contributed by atoms with Gasteiger partial charge in [0.2, 0.25) is 0 Å². The Bertz CT molecular complexity index is 618. The maximum absolute atomic E-state index is 6.24. The number of hydrogen-bond donors (Lipinski definition) is 1. The maximum Gasteiger partial charge on any atom is 0.111 e. The number of hydrogen-bond acceptors (Lipinski definition) is 3. The average molecular weight is 291 g/mol. The summed E-state index contributed by atoms with van der Waals surface area (Å²) in [6, 6.07) is 18.5. The average Bonchev–Trinajstić information content (AvgIpc) is 2.84. The van der Waals surface area contributed by atoms with Crippen LogP contribution in [0.5, 0.6) is 0 Å². The highest BCUT2D eigenvalue weighted by molar-refractivity contribution is 7.18. The molecule has 2 aromatic carbocycles. The molecule has 4 heteroatoms. The van der Waals surface area contributed by atoms with Crippen molar-refractivity contribution in [3.8, 4) is 0 Å². The normalized spacial score (nSPS) is 12.1. The van der Waals surface area contributed by atoms with Gasteiger partial charge in [-0.15, -0.1) is 23.7 Å². The monoisotopic (exact) mass is 290 g/mol. The summed E-state index contributed by atoms with van der Waals surface area (Å²) in [6.07, 6.45) is 0.834. The second-order valence-electron chi connectivity index (χ2n) is 4.32. The molecule has 0 spiro atoms. The van der Waals surface area contributed by atoms with Gasteiger partial charge in [0.25, 0.3) is 0 Å². The number of nitrogens with zero attached hydrogens (tertiary/aromatic N) is 1. The largest absolute Gasteiger partial charge is 0.322 e. The molecule has 2 nitrogen and oxygen atoms in total. The molecule has 19 heavy (non-hydrogen) atoms. The summed E-state index contributed by atoms with van der Waals surface area (Å²) in [6.45, 7) is 0. The summed E-state index contributed by atoms with van der Waals surface area (Å²) in [7, 11) is 0. The van der Waals surface area contributed by atoms with Crippen molar-refractivity contribution in [1.29, 1.82) is 0 Å². The molecule has 0 aliphatic carbocycles. The summed E-state index contributed by atoms with van der Waals surface area (Å²) in [5.41, 5.74) is 8.54. The number of benzene rings is 2. The fourth-order valence-corrected chi connectivity index (χ4v) is 2.97. The van der Waals surface area contributed by atoms with Gasteiger partial charge in [-0.3, -0.25) is 0 Å². The van der Waals surface area contributed by atoms with Crippen LogP contribution in [-0.2, 0) is 6.42 Å². The van der Waals surface area contributed by atoms with Gasteiger partial charge in [0.05, 0.1) is 16.3 Å². The third kappa shape index (κ3) is 3.13. The molecule has 0 aliphatic heterocycles. The minimum atomic E-state index is -0.0233. The molecule has 1 atom stereocenters. The Hall–Kier alpha value is -1.42. The molecule has 0 saturated heterocycles. The van der Waals surface area contributed by atoms with Crippen molar-refractivity contribution in [1.82, 2.24) is 4.98 Å². The van der Waals surface area contributed by atoms with Crippen LogP contribution in [0.3, 0.4) is 0 Å². The number of fused-ring (bicyclic) bond motifs is 1. The lowest BCUT2D eigenvalue weighted by Crippen LogP contribution is -2.12. The maximum atomic E-state index is 6.24. The van der Waals surface area contributed by atoms with Crippen molar-refractivity contribution in [2.24, 2.45) is 5.73 Å². The van der Waals surface area contributed by atoms with E-state index in [4.69, 9.17) is 5.73 Å². The topological polar surface area (TPSA) is 38.9 Å².